The fourth-order valence-electron chi connectivity index (χ4n) is 5.57. The minimum Gasteiger partial charge on any atom is -0.0622 e. The Morgan fingerprint density at radius 1 is 0.483 bits per heavy atom. The molecule has 1 atom stereocenters. The van der Waals surface area contributed by atoms with Gasteiger partial charge < -0.3 is 0 Å². The minimum absolute atomic E-state index is 0.433. The molecular formula is C28H23P. The van der Waals surface area contributed by atoms with Crippen LogP contribution in [-0.2, 0) is 0 Å². The van der Waals surface area contributed by atoms with Crippen LogP contribution in [0.4, 0.5) is 0 Å². The van der Waals surface area contributed by atoms with Crippen LogP contribution in [0.2, 0.25) is 0 Å². The maximum atomic E-state index is 2.39. The standard InChI is InChI=1S/C28H23P/c1-3-11-20(12-4-1)29(21-13-5-2-6-14-21)27-19-26-22-15-7-9-17-24(22)28(27)25-18-10-8-16-23(25)26/h1-18,26-28H,19H2. The zero-order valence-electron chi connectivity index (χ0n) is 16.3. The van der Waals surface area contributed by atoms with E-state index in [1.807, 2.05) is 0 Å². The Bertz CT molecular complexity index is 1060. The summed E-state index contributed by atoms with van der Waals surface area (Å²) in [6.07, 6.45) is 1.24. The van der Waals surface area contributed by atoms with Crippen molar-refractivity contribution < 1.29 is 0 Å². The van der Waals surface area contributed by atoms with Crippen molar-refractivity contribution in [1.82, 2.24) is 0 Å². The summed E-state index contributed by atoms with van der Waals surface area (Å²) in [6, 6.07) is 40.9. The highest BCUT2D eigenvalue weighted by molar-refractivity contribution is 7.73. The van der Waals surface area contributed by atoms with Crippen molar-refractivity contribution in [3.05, 3.63) is 131 Å². The maximum absolute atomic E-state index is 2.39. The molecule has 3 aliphatic carbocycles. The molecule has 140 valence electrons. The fraction of sp³-hybridized carbons (Fsp3) is 0.143. The number of fused-ring (bicyclic) bond motifs is 1. The van der Waals surface area contributed by atoms with E-state index in [1.165, 1.54) is 17.0 Å². The van der Waals surface area contributed by atoms with Crippen LogP contribution in [0.5, 0.6) is 0 Å². The lowest BCUT2D eigenvalue weighted by atomic mass is 9.63. The number of rotatable bonds is 3. The van der Waals surface area contributed by atoms with Gasteiger partial charge in [0.05, 0.1) is 0 Å². The normalized spacial score (nSPS) is 21.6. The molecule has 2 bridgehead atoms. The summed E-state index contributed by atoms with van der Waals surface area (Å²) in [7, 11) is -0.433. The quantitative estimate of drug-likeness (QED) is 0.367. The van der Waals surface area contributed by atoms with E-state index in [4.69, 9.17) is 0 Å². The van der Waals surface area contributed by atoms with Crippen molar-refractivity contribution in [3.63, 3.8) is 0 Å². The van der Waals surface area contributed by atoms with Crippen LogP contribution in [0, 0.1) is 0 Å². The van der Waals surface area contributed by atoms with Crippen molar-refractivity contribution in [2.45, 2.75) is 23.9 Å². The SMILES string of the molecule is c1ccc(P(c2ccccc2)C2CC3c4ccccc4C2c2ccccc23)cc1. The van der Waals surface area contributed by atoms with Crippen LogP contribution < -0.4 is 10.6 Å². The summed E-state index contributed by atoms with van der Waals surface area (Å²) in [5, 5.41) is 3.00. The number of hydrogen-bond acceptors (Lipinski definition) is 0. The van der Waals surface area contributed by atoms with E-state index in [0.717, 1.165) is 0 Å². The smallest absolute Gasteiger partial charge is 0.0169 e. The average Bonchev–Trinajstić information content (AvgIpc) is 2.81. The second-order valence-corrected chi connectivity index (χ2v) is 10.6. The van der Waals surface area contributed by atoms with Gasteiger partial charge in [0.2, 0.25) is 0 Å². The van der Waals surface area contributed by atoms with Crippen molar-refractivity contribution in [3.8, 4) is 0 Å². The summed E-state index contributed by atoms with van der Waals surface area (Å²) in [4.78, 5) is 0. The van der Waals surface area contributed by atoms with Crippen LogP contribution in [-0.4, -0.2) is 5.66 Å². The van der Waals surface area contributed by atoms with Gasteiger partial charge in [-0.2, -0.15) is 0 Å². The molecule has 1 unspecified atom stereocenters. The summed E-state index contributed by atoms with van der Waals surface area (Å²) < 4.78 is 0. The molecule has 7 rings (SSSR count). The molecule has 0 radical (unpaired) electrons. The van der Waals surface area contributed by atoms with Gasteiger partial charge in [-0.1, -0.05) is 109 Å². The predicted molar refractivity (Wildman–Crippen MR) is 124 cm³/mol. The molecule has 4 aromatic carbocycles. The first kappa shape index (κ1) is 17.2. The molecule has 0 heterocycles. The third-order valence-electron chi connectivity index (χ3n) is 6.68. The summed E-state index contributed by atoms with van der Waals surface area (Å²) in [5.74, 6) is 1.01. The van der Waals surface area contributed by atoms with Crippen LogP contribution in [0.15, 0.2) is 109 Å². The number of hydrogen-bond donors (Lipinski definition) is 0. The van der Waals surface area contributed by atoms with E-state index in [-0.39, 0.29) is 0 Å². The molecule has 0 amide bonds. The third kappa shape index (κ3) is 2.70. The van der Waals surface area contributed by atoms with Crippen LogP contribution >= 0.6 is 7.92 Å². The molecule has 0 saturated carbocycles. The molecule has 4 aromatic rings. The molecule has 29 heavy (non-hydrogen) atoms. The molecule has 0 aromatic heterocycles. The first-order chi connectivity index (χ1) is 14.4. The Hall–Kier alpha value is -2.69. The first-order valence-corrected chi connectivity index (χ1v) is 11.9. The largest absolute Gasteiger partial charge is 0.0622 e. The lowest BCUT2D eigenvalue weighted by Gasteiger charge is -2.48. The van der Waals surface area contributed by atoms with Gasteiger partial charge >= 0.3 is 0 Å². The summed E-state index contributed by atoms with van der Waals surface area (Å²) >= 11 is 0. The summed E-state index contributed by atoms with van der Waals surface area (Å²) in [5.41, 5.74) is 6.87. The van der Waals surface area contributed by atoms with Gasteiger partial charge in [0, 0.05) is 11.8 Å². The zero-order chi connectivity index (χ0) is 19.2. The van der Waals surface area contributed by atoms with E-state index in [1.54, 1.807) is 22.3 Å². The summed E-state index contributed by atoms with van der Waals surface area (Å²) in [6.45, 7) is 0. The average molecular weight is 390 g/mol. The lowest BCUT2D eigenvalue weighted by Crippen LogP contribution is -2.38. The Balaban J connectivity index is 1.57. The Kier molecular flexibility index (Phi) is 4.13. The van der Waals surface area contributed by atoms with Gasteiger partial charge in [-0.05, 0) is 52.9 Å². The Labute approximate surface area is 174 Å². The molecule has 0 spiro atoms. The highest BCUT2D eigenvalue weighted by atomic mass is 31.1. The Morgan fingerprint density at radius 2 is 0.897 bits per heavy atom. The topological polar surface area (TPSA) is 0 Å². The van der Waals surface area contributed by atoms with Gasteiger partial charge in [-0.15, -0.1) is 0 Å². The second-order valence-electron chi connectivity index (χ2n) is 8.13. The van der Waals surface area contributed by atoms with Crippen LogP contribution in [0.1, 0.15) is 40.5 Å². The van der Waals surface area contributed by atoms with Crippen LogP contribution in [0.25, 0.3) is 0 Å². The van der Waals surface area contributed by atoms with Gasteiger partial charge in [0.15, 0.2) is 0 Å². The van der Waals surface area contributed by atoms with E-state index in [2.05, 4.69) is 109 Å². The van der Waals surface area contributed by atoms with Crippen molar-refractivity contribution in [1.29, 1.82) is 0 Å². The minimum atomic E-state index is -0.433. The third-order valence-corrected chi connectivity index (χ3v) is 9.56. The first-order valence-electron chi connectivity index (χ1n) is 10.5. The number of benzene rings is 4. The Morgan fingerprint density at radius 3 is 1.38 bits per heavy atom. The maximum Gasteiger partial charge on any atom is 0.0169 e. The van der Waals surface area contributed by atoms with Gasteiger partial charge in [0.1, 0.15) is 0 Å². The van der Waals surface area contributed by atoms with Crippen LogP contribution in [0.3, 0.4) is 0 Å². The zero-order valence-corrected chi connectivity index (χ0v) is 17.2. The highest BCUT2D eigenvalue weighted by Gasteiger charge is 2.46. The van der Waals surface area contributed by atoms with E-state index in [0.29, 0.717) is 17.5 Å². The molecule has 0 nitrogen and oxygen atoms in total. The van der Waals surface area contributed by atoms with Gasteiger partial charge in [0.25, 0.3) is 0 Å². The van der Waals surface area contributed by atoms with Crippen molar-refractivity contribution in [2.24, 2.45) is 0 Å². The molecule has 0 N–H and O–H groups in total. The van der Waals surface area contributed by atoms with E-state index >= 15 is 0 Å². The second kappa shape index (κ2) is 6.97. The molecule has 3 aliphatic rings. The molecule has 1 heteroatoms. The molecule has 0 fully saturated rings. The van der Waals surface area contributed by atoms with Crippen molar-refractivity contribution >= 4 is 18.5 Å². The predicted octanol–water partition coefficient (Wildman–Crippen LogP) is 6.17. The highest BCUT2D eigenvalue weighted by Crippen LogP contribution is 2.61. The van der Waals surface area contributed by atoms with Crippen molar-refractivity contribution in [2.75, 3.05) is 0 Å². The molecule has 0 saturated heterocycles. The lowest BCUT2D eigenvalue weighted by molar-refractivity contribution is 0.530. The van der Waals surface area contributed by atoms with Gasteiger partial charge in [-0.3, -0.25) is 0 Å². The molecule has 0 aliphatic heterocycles. The van der Waals surface area contributed by atoms with Gasteiger partial charge in [-0.25, -0.2) is 0 Å². The molecular weight excluding hydrogens is 367 g/mol. The monoisotopic (exact) mass is 390 g/mol. The fourth-order valence-corrected chi connectivity index (χ4v) is 8.66. The van der Waals surface area contributed by atoms with E-state index in [9.17, 15) is 0 Å². The van der Waals surface area contributed by atoms with E-state index < -0.39 is 7.92 Å².